The number of ether oxygens (including phenoxy) is 1. The number of carboxylic acid groups (broad SMARTS) is 1. The molecule has 0 aromatic heterocycles. The number of hydrogen-bond donors (Lipinski definition) is 2. The van der Waals surface area contributed by atoms with Crippen molar-refractivity contribution >= 4 is 49.2 Å². The SMILES string of the molecule is CNc1ccc(Oc2c(Br)cc(CC(=O)O)cc2Br)cc1[N+](=O)[O-]. The summed E-state index contributed by atoms with van der Waals surface area (Å²) in [6, 6.07) is 7.72. The van der Waals surface area contributed by atoms with E-state index < -0.39 is 10.9 Å². The third-order valence-electron chi connectivity index (χ3n) is 3.07. The third kappa shape index (κ3) is 4.24. The summed E-state index contributed by atoms with van der Waals surface area (Å²) in [4.78, 5) is 21.4. The Labute approximate surface area is 154 Å². The van der Waals surface area contributed by atoms with E-state index in [-0.39, 0.29) is 17.9 Å². The average molecular weight is 460 g/mol. The van der Waals surface area contributed by atoms with Crippen molar-refractivity contribution in [2.24, 2.45) is 0 Å². The molecule has 2 aromatic rings. The molecule has 9 heteroatoms. The van der Waals surface area contributed by atoms with Crippen LogP contribution < -0.4 is 10.1 Å². The van der Waals surface area contributed by atoms with Crippen molar-refractivity contribution in [3.05, 3.63) is 55.0 Å². The molecule has 0 aliphatic heterocycles. The maximum Gasteiger partial charge on any atom is 0.307 e. The number of aliphatic carboxylic acids is 1. The summed E-state index contributed by atoms with van der Waals surface area (Å²) in [5, 5.41) is 22.7. The largest absolute Gasteiger partial charge is 0.481 e. The van der Waals surface area contributed by atoms with Crippen LogP contribution in [0.1, 0.15) is 5.56 Å². The zero-order valence-corrected chi connectivity index (χ0v) is 15.5. The molecule has 0 heterocycles. The number of benzene rings is 2. The van der Waals surface area contributed by atoms with Crippen molar-refractivity contribution in [3.63, 3.8) is 0 Å². The van der Waals surface area contributed by atoms with Gasteiger partial charge in [0, 0.05) is 7.05 Å². The van der Waals surface area contributed by atoms with E-state index in [9.17, 15) is 14.9 Å². The highest BCUT2D eigenvalue weighted by Gasteiger charge is 2.17. The number of nitro groups is 1. The van der Waals surface area contributed by atoms with Gasteiger partial charge in [-0.25, -0.2) is 0 Å². The van der Waals surface area contributed by atoms with Gasteiger partial charge >= 0.3 is 5.97 Å². The zero-order valence-electron chi connectivity index (χ0n) is 12.4. The highest BCUT2D eigenvalue weighted by Crippen LogP contribution is 2.39. The lowest BCUT2D eigenvalue weighted by molar-refractivity contribution is -0.384. The molecule has 0 radical (unpaired) electrons. The van der Waals surface area contributed by atoms with Crippen LogP contribution in [0.2, 0.25) is 0 Å². The lowest BCUT2D eigenvalue weighted by Gasteiger charge is -2.12. The van der Waals surface area contributed by atoms with E-state index in [2.05, 4.69) is 37.2 Å². The Kier molecular flexibility index (Phi) is 5.79. The van der Waals surface area contributed by atoms with Gasteiger partial charge in [-0.2, -0.15) is 0 Å². The number of nitro benzene ring substituents is 1. The number of halogens is 2. The molecule has 24 heavy (non-hydrogen) atoms. The van der Waals surface area contributed by atoms with Gasteiger partial charge in [-0.1, -0.05) is 0 Å². The van der Waals surface area contributed by atoms with Gasteiger partial charge in [-0.15, -0.1) is 0 Å². The lowest BCUT2D eigenvalue weighted by atomic mass is 10.1. The van der Waals surface area contributed by atoms with Crippen LogP contribution in [0.15, 0.2) is 39.3 Å². The quantitative estimate of drug-likeness (QED) is 0.484. The summed E-state index contributed by atoms with van der Waals surface area (Å²) in [5.74, 6) is -0.260. The molecule has 0 atom stereocenters. The van der Waals surface area contributed by atoms with Crippen molar-refractivity contribution in [2.75, 3.05) is 12.4 Å². The van der Waals surface area contributed by atoms with Gasteiger partial charge in [0.2, 0.25) is 0 Å². The Bertz CT molecular complexity index is 787. The molecular formula is C15H12Br2N2O5. The van der Waals surface area contributed by atoms with Gasteiger partial charge in [0.25, 0.3) is 5.69 Å². The highest BCUT2D eigenvalue weighted by molar-refractivity contribution is 9.11. The monoisotopic (exact) mass is 458 g/mol. The Morgan fingerprint density at radius 2 is 1.92 bits per heavy atom. The molecule has 0 saturated carbocycles. The van der Waals surface area contributed by atoms with Crippen LogP contribution in [0.5, 0.6) is 11.5 Å². The van der Waals surface area contributed by atoms with Crippen LogP contribution in [0.3, 0.4) is 0 Å². The van der Waals surface area contributed by atoms with Crippen LogP contribution in [-0.4, -0.2) is 23.0 Å². The van der Waals surface area contributed by atoms with Gasteiger partial charge in [0.1, 0.15) is 11.4 Å². The number of anilines is 1. The minimum atomic E-state index is -0.944. The van der Waals surface area contributed by atoms with E-state index in [1.165, 1.54) is 6.07 Å². The fourth-order valence-electron chi connectivity index (χ4n) is 2.04. The molecule has 0 aliphatic carbocycles. The van der Waals surface area contributed by atoms with Gasteiger partial charge < -0.3 is 15.2 Å². The van der Waals surface area contributed by atoms with Crippen molar-refractivity contribution in [2.45, 2.75) is 6.42 Å². The molecule has 2 rings (SSSR count). The van der Waals surface area contributed by atoms with Crippen LogP contribution in [0, 0.1) is 10.1 Å². The number of rotatable bonds is 6. The summed E-state index contributed by atoms with van der Waals surface area (Å²) in [5.41, 5.74) is 0.858. The maximum atomic E-state index is 11.1. The number of carbonyl (C=O) groups is 1. The molecule has 0 unspecified atom stereocenters. The number of nitrogens with zero attached hydrogens (tertiary/aromatic N) is 1. The summed E-state index contributed by atoms with van der Waals surface area (Å²) < 4.78 is 6.79. The van der Waals surface area contributed by atoms with Gasteiger partial charge in [0.15, 0.2) is 5.75 Å². The van der Waals surface area contributed by atoms with Crippen LogP contribution in [0.25, 0.3) is 0 Å². The Hall–Kier alpha value is -2.13. The van der Waals surface area contributed by atoms with Crippen molar-refractivity contribution < 1.29 is 19.6 Å². The van der Waals surface area contributed by atoms with Crippen LogP contribution in [-0.2, 0) is 11.2 Å². The van der Waals surface area contributed by atoms with E-state index in [0.29, 0.717) is 25.9 Å². The predicted molar refractivity (Wildman–Crippen MR) is 95.9 cm³/mol. The predicted octanol–water partition coefficient (Wildman–Crippen LogP) is 4.58. The topological polar surface area (TPSA) is 102 Å². The highest BCUT2D eigenvalue weighted by atomic mass is 79.9. The second kappa shape index (κ2) is 7.63. The fourth-order valence-corrected chi connectivity index (χ4v) is 3.48. The Morgan fingerprint density at radius 1 is 1.29 bits per heavy atom. The average Bonchev–Trinajstić information content (AvgIpc) is 2.50. The molecule has 7 nitrogen and oxygen atoms in total. The normalized spacial score (nSPS) is 10.3. The first kappa shape index (κ1) is 18.2. The Morgan fingerprint density at radius 3 is 2.42 bits per heavy atom. The summed E-state index contributed by atoms with van der Waals surface area (Å²) in [6.45, 7) is 0. The zero-order chi connectivity index (χ0) is 17.9. The van der Waals surface area contributed by atoms with E-state index in [1.807, 2.05) is 0 Å². The maximum absolute atomic E-state index is 11.1. The van der Waals surface area contributed by atoms with Gasteiger partial charge in [-0.3, -0.25) is 14.9 Å². The molecule has 126 valence electrons. The van der Waals surface area contributed by atoms with E-state index in [0.717, 1.165) is 0 Å². The molecule has 2 N–H and O–H groups in total. The molecule has 0 fully saturated rings. The second-order valence-electron chi connectivity index (χ2n) is 4.75. The molecule has 0 bridgehead atoms. The first-order chi connectivity index (χ1) is 11.3. The number of carboxylic acids is 1. The second-order valence-corrected chi connectivity index (χ2v) is 6.46. The summed E-state index contributed by atoms with van der Waals surface area (Å²) >= 11 is 6.65. The standard InChI is InChI=1S/C15H12Br2N2O5/c1-18-12-3-2-9(7-13(12)19(22)23)24-15-10(16)4-8(5-11(15)17)6-14(20)21/h2-5,7,18H,6H2,1H3,(H,20,21). The minimum absolute atomic E-state index is 0.107. The molecular weight excluding hydrogens is 448 g/mol. The molecule has 0 amide bonds. The summed E-state index contributed by atoms with van der Waals surface area (Å²) in [7, 11) is 1.59. The summed E-state index contributed by atoms with van der Waals surface area (Å²) in [6.07, 6.45) is -0.125. The fraction of sp³-hybridized carbons (Fsp3) is 0.133. The smallest absolute Gasteiger partial charge is 0.307 e. The van der Waals surface area contributed by atoms with Crippen molar-refractivity contribution in [1.29, 1.82) is 0 Å². The lowest BCUT2D eigenvalue weighted by Crippen LogP contribution is -2.01. The van der Waals surface area contributed by atoms with Crippen LogP contribution >= 0.6 is 31.9 Å². The minimum Gasteiger partial charge on any atom is -0.481 e. The Balaban J connectivity index is 2.36. The van der Waals surface area contributed by atoms with E-state index in [1.54, 1.807) is 31.3 Å². The first-order valence-electron chi connectivity index (χ1n) is 6.65. The van der Waals surface area contributed by atoms with Gasteiger partial charge in [0.05, 0.1) is 26.4 Å². The number of hydrogen-bond acceptors (Lipinski definition) is 5. The van der Waals surface area contributed by atoms with Crippen LogP contribution in [0.4, 0.5) is 11.4 Å². The molecule has 0 spiro atoms. The van der Waals surface area contributed by atoms with Gasteiger partial charge in [-0.05, 0) is 61.7 Å². The third-order valence-corrected chi connectivity index (χ3v) is 4.25. The molecule has 0 aliphatic rings. The van der Waals surface area contributed by atoms with Crippen molar-refractivity contribution in [3.8, 4) is 11.5 Å². The first-order valence-corrected chi connectivity index (χ1v) is 8.24. The molecule has 2 aromatic carbocycles. The number of nitrogens with one attached hydrogen (secondary N) is 1. The van der Waals surface area contributed by atoms with E-state index >= 15 is 0 Å². The van der Waals surface area contributed by atoms with Crippen molar-refractivity contribution in [1.82, 2.24) is 0 Å². The van der Waals surface area contributed by atoms with E-state index in [4.69, 9.17) is 9.84 Å². The molecule has 0 saturated heterocycles.